The van der Waals surface area contributed by atoms with Crippen LogP contribution < -0.4 is 0 Å². The number of hydrogen-bond acceptors (Lipinski definition) is 1. The van der Waals surface area contributed by atoms with Crippen molar-refractivity contribution in [2.45, 2.75) is 18.9 Å². The van der Waals surface area contributed by atoms with E-state index >= 15 is 0 Å². The fourth-order valence-corrected chi connectivity index (χ4v) is 3.33. The zero-order chi connectivity index (χ0) is 13.4. The van der Waals surface area contributed by atoms with E-state index in [1.807, 2.05) is 18.2 Å². The zero-order valence-electron chi connectivity index (χ0n) is 10.3. The summed E-state index contributed by atoms with van der Waals surface area (Å²) >= 11 is 12.1. The number of hydrogen-bond donors (Lipinski definition) is 1. The van der Waals surface area contributed by atoms with Crippen molar-refractivity contribution in [3.8, 4) is 0 Å². The molecule has 3 heteroatoms. The largest absolute Gasteiger partial charge is 0.388 e. The van der Waals surface area contributed by atoms with Crippen molar-refractivity contribution in [2.75, 3.05) is 0 Å². The predicted octanol–water partition coefficient (Wildman–Crippen LogP) is 4.44. The predicted molar refractivity (Wildman–Crippen MR) is 78.8 cm³/mol. The summed E-state index contributed by atoms with van der Waals surface area (Å²) < 4.78 is 0. The quantitative estimate of drug-likeness (QED) is 0.867. The fourth-order valence-electron chi connectivity index (χ4n) is 2.81. The van der Waals surface area contributed by atoms with Crippen LogP contribution in [0.1, 0.15) is 22.8 Å². The number of rotatable bonds is 2. The van der Waals surface area contributed by atoms with Gasteiger partial charge in [0, 0.05) is 10.0 Å². The fraction of sp³-hybridized carbons (Fsp3) is 0.250. The first-order valence-corrected chi connectivity index (χ1v) is 7.10. The van der Waals surface area contributed by atoms with Gasteiger partial charge in [-0.25, -0.2) is 0 Å². The Kier molecular flexibility index (Phi) is 3.53. The smallest absolute Gasteiger partial charge is 0.0838 e. The average Bonchev–Trinajstić information content (AvgIpc) is 2.81. The molecule has 0 spiro atoms. The number of benzene rings is 2. The van der Waals surface area contributed by atoms with Gasteiger partial charge < -0.3 is 5.11 Å². The molecular formula is C16H14Cl2O. The first-order valence-electron chi connectivity index (χ1n) is 6.35. The first kappa shape index (κ1) is 13.0. The van der Waals surface area contributed by atoms with Crippen LogP contribution in [0, 0.1) is 5.92 Å². The topological polar surface area (TPSA) is 20.2 Å². The van der Waals surface area contributed by atoms with Gasteiger partial charge in [0.25, 0.3) is 0 Å². The molecule has 2 aromatic rings. The summed E-state index contributed by atoms with van der Waals surface area (Å²) in [6.07, 6.45) is 1.25. The second kappa shape index (κ2) is 5.16. The molecule has 0 bridgehead atoms. The lowest BCUT2D eigenvalue weighted by Crippen LogP contribution is -2.13. The summed E-state index contributed by atoms with van der Waals surface area (Å²) in [6, 6.07) is 13.6. The van der Waals surface area contributed by atoms with Gasteiger partial charge in [-0.15, -0.1) is 0 Å². The van der Waals surface area contributed by atoms with Crippen molar-refractivity contribution in [1.29, 1.82) is 0 Å². The molecule has 3 rings (SSSR count). The molecule has 0 aromatic heterocycles. The molecular weight excluding hydrogens is 279 g/mol. The molecule has 0 saturated heterocycles. The summed E-state index contributed by atoms with van der Waals surface area (Å²) in [6.45, 7) is 0. The SMILES string of the molecule is OC(c1ccc(Cl)cc1Cl)C1Cc2ccccc2C1. The first-order chi connectivity index (χ1) is 9.15. The number of fused-ring (bicyclic) bond motifs is 1. The van der Waals surface area contributed by atoms with Crippen LogP contribution in [0.3, 0.4) is 0 Å². The molecule has 0 amide bonds. The third kappa shape index (κ3) is 2.51. The van der Waals surface area contributed by atoms with E-state index in [0.29, 0.717) is 10.0 Å². The summed E-state index contributed by atoms with van der Waals surface area (Å²) in [5.74, 6) is 0.191. The lowest BCUT2D eigenvalue weighted by atomic mass is 9.93. The van der Waals surface area contributed by atoms with Crippen LogP contribution in [0.4, 0.5) is 0 Å². The van der Waals surface area contributed by atoms with Crippen LogP contribution in [-0.2, 0) is 12.8 Å². The highest BCUT2D eigenvalue weighted by molar-refractivity contribution is 6.35. The summed E-state index contributed by atoms with van der Waals surface area (Å²) in [7, 11) is 0. The highest BCUT2D eigenvalue weighted by Gasteiger charge is 2.29. The number of halogens is 2. The summed E-state index contributed by atoms with van der Waals surface area (Å²) in [5, 5.41) is 11.7. The van der Waals surface area contributed by atoms with E-state index in [-0.39, 0.29) is 5.92 Å². The van der Waals surface area contributed by atoms with Crippen LogP contribution >= 0.6 is 23.2 Å². The molecule has 98 valence electrons. The minimum Gasteiger partial charge on any atom is -0.388 e. The lowest BCUT2D eigenvalue weighted by Gasteiger charge is -2.19. The Labute approximate surface area is 122 Å². The highest BCUT2D eigenvalue weighted by atomic mass is 35.5. The van der Waals surface area contributed by atoms with E-state index in [9.17, 15) is 5.11 Å². The van der Waals surface area contributed by atoms with Gasteiger partial charge >= 0.3 is 0 Å². The molecule has 1 atom stereocenters. The summed E-state index contributed by atoms with van der Waals surface area (Å²) in [5.41, 5.74) is 3.43. The second-order valence-electron chi connectivity index (χ2n) is 5.05. The van der Waals surface area contributed by atoms with Gasteiger partial charge in [-0.2, -0.15) is 0 Å². The standard InChI is InChI=1S/C16H14Cl2O/c17-13-5-6-14(15(18)9-13)16(19)12-7-10-3-1-2-4-11(10)8-12/h1-6,9,12,16,19H,7-8H2. The number of aliphatic hydroxyl groups excluding tert-OH is 1. The Hall–Kier alpha value is -1.02. The Morgan fingerprint density at radius 1 is 1.00 bits per heavy atom. The monoisotopic (exact) mass is 292 g/mol. The van der Waals surface area contributed by atoms with E-state index in [0.717, 1.165) is 18.4 Å². The van der Waals surface area contributed by atoms with Gasteiger partial charge in [0.2, 0.25) is 0 Å². The van der Waals surface area contributed by atoms with Crippen molar-refractivity contribution in [1.82, 2.24) is 0 Å². The van der Waals surface area contributed by atoms with E-state index in [1.54, 1.807) is 12.1 Å². The van der Waals surface area contributed by atoms with Gasteiger partial charge in [-0.1, -0.05) is 53.5 Å². The molecule has 1 unspecified atom stereocenters. The molecule has 19 heavy (non-hydrogen) atoms. The van der Waals surface area contributed by atoms with Gasteiger partial charge in [0.15, 0.2) is 0 Å². The Morgan fingerprint density at radius 3 is 2.21 bits per heavy atom. The third-order valence-corrected chi connectivity index (χ3v) is 4.37. The Balaban J connectivity index is 1.85. The van der Waals surface area contributed by atoms with Crippen molar-refractivity contribution in [3.63, 3.8) is 0 Å². The molecule has 0 saturated carbocycles. The molecule has 0 fully saturated rings. The molecule has 1 aliphatic carbocycles. The second-order valence-corrected chi connectivity index (χ2v) is 5.89. The minimum atomic E-state index is -0.544. The van der Waals surface area contributed by atoms with Crippen molar-refractivity contribution in [2.24, 2.45) is 5.92 Å². The van der Waals surface area contributed by atoms with Crippen molar-refractivity contribution >= 4 is 23.2 Å². The van der Waals surface area contributed by atoms with E-state index in [4.69, 9.17) is 23.2 Å². The van der Waals surface area contributed by atoms with Crippen molar-refractivity contribution in [3.05, 3.63) is 69.2 Å². The van der Waals surface area contributed by atoms with Crippen LogP contribution in [0.5, 0.6) is 0 Å². The highest BCUT2D eigenvalue weighted by Crippen LogP contribution is 2.38. The molecule has 0 heterocycles. The zero-order valence-corrected chi connectivity index (χ0v) is 11.8. The Bertz CT molecular complexity index is 584. The third-order valence-electron chi connectivity index (χ3n) is 3.81. The van der Waals surface area contributed by atoms with E-state index in [2.05, 4.69) is 12.1 Å². The van der Waals surface area contributed by atoms with Gasteiger partial charge in [0.05, 0.1) is 6.10 Å². The molecule has 1 aliphatic rings. The van der Waals surface area contributed by atoms with Gasteiger partial charge in [0.1, 0.15) is 0 Å². The van der Waals surface area contributed by atoms with E-state index in [1.165, 1.54) is 11.1 Å². The van der Waals surface area contributed by atoms with Crippen LogP contribution in [0.2, 0.25) is 10.0 Å². The van der Waals surface area contributed by atoms with Crippen LogP contribution in [-0.4, -0.2) is 5.11 Å². The molecule has 0 aliphatic heterocycles. The Morgan fingerprint density at radius 2 is 1.63 bits per heavy atom. The maximum Gasteiger partial charge on any atom is 0.0838 e. The van der Waals surface area contributed by atoms with Crippen molar-refractivity contribution < 1.29 is 5.11 Å². The normalized spacial score (nSPS) is 16.4. The molecule has 0 radical (unpaired) electrons. The summed E-state index contributed by atoms with van der Waals surface area (Å²) in [4.78, 5) is 0. The van der Waals surface area contributed by atoms with Crippen LogP contribution in [0.25, 0.3) is 0 Å². The maximum atomic E-state index is 10.5. The molecule has 1 nitrogen and oxygen atoms in total. The number of aliphatic hydroxyl groups is 1. The average molecular weight is 293 g/mol. The van der Waals surface area contributed by atoms with Crippen LogP contribution in [0.15, 0.2) is 42.5 Å². The van der Waals surface area contributed by atoms with Gasteiger partial charge in [-0.3, -0.25) is 0 Å². The minimum absolute atomic E-state index is 0.191. The van der Waals surface area contributed by atoms with Gasteiger partial charge in [-0.05, 0) is 47.6 Å². The molecule has 1 N–H and O–H groups in total. The molecule has 2 aromatic carbocycles. The van der Waals surface area contributed by atoms with E-state index < -0.39 is 6.10 Å². The lowest BCUT2D eigenvalue weighted by molar-refractivity contribution is 0.113. The maximum absolute atomic E-state index is 10.5.